The minimum Gasteiger partial charge on any atom is -0.491 e. The summed E-state index contributed by atoms with van der Waals surface area (Å²) < 4.78 is 5.78. The number of hydrogen-bond acceptors (Lipinski definition) is 4. The van der Waals surface area contributed by atoms with E-state index in [1.807, 2.05) is 37.4 Å². The van der Waals surface area contributed by atoms with E-state index >= 15 is 0 Å². The van der Waals surface area contributed by atoms with Crippen molar-refractivity contribution in [2.75, 3.05) is 18.1 Å². The molecule has 1 aliphatic rings. The van der Waals surface area contributed by atoms with Gasteiger partial charge in [-0.15, -0.1) is 0 Å². The highest BCUT2D eigenvalue weighted by Crippen LogP contribution is 2.35. The van der Waals surface area contributed by atoms with Gasteiger partial charge in [0.15, 0.2) is 0 Å². The van der Waals surface area contributed by atoms with Crippen LogP contribution < -0.4 is 15.4 Å². The number of benzene rings is 1. The van der Waals surface area contributed by atoms with Gasteiger partial charge in [0.05, 0.1) is 12.3 Å². The number of nitrogens with two attached hydrogens (primary N) is 1. The zero-order valence-electron chi connectivity index (χ0n) is 11.6. The minimum atomic E-state index is 0.00946. The topological polar surface area (TPSA) is 51.4 Å². The number of nitrogens with zero attached hydrogens (tertiary/aromatic N) is 2. The van der Waals surface area contributed by atoms with Crippen LogP contribution >= 0.6 is 0 Å². The molecule has 0 amide bonds. The molecule has 1 atom stereocenters. The van der Waals surface area contributed by atoms with Crippen molar-refractivity contribution < 1.29 is 4.74 Å². The molecule has 0 aliphatic carbocycles. The summed E-state index contributed by atoms with van der Waals surface area (Å²) in [5.74, 6) is 1.84. The Balaban J connectivity index is 2.03. The number of anilines is 2. The van der Waals surface area contributed by atoms with E-state index in [9.17, 15) is 0 Å². The Bertz CT molecular complexity index is 598. The Kier molecular flexibility index (Phi) is 3.56. The van der Waals surface area contributed by atoms with E-state index in [1.165, 1.54) is 0 Å². The second-order valence-electron chi connectivity index (χ2n) is 5.06. The van der Waals surface area contributed by atoms with E-state index in [1.54, 1.807) is 0 Å². The number of para-hydroxylation sites is 2. The van der Waals surface area contributed by atoms with E-state index in [-0.39, 0.29) is 6.04 Å². The first-order valence-corrected chi connectivity index (χ1v) is 6.96. The molecule has 104 valence electrons. The highest BCUT2D eigenvalue weighted by Gasteiger charge is 2.18. The van der Waals surface area contributed by atoms with Crippen molar-refractivity contribution in [2.24, 2.45) is 5.73 Å². The van der Waals surface area contributed by atoms with Crippen LogP contribution in [0.1, 0.15) is 24.9 Å². The molecule has 0 bridgehead atoms. The summed E-state index contributed by atoms with van der Waals surface area (Å²) >= 11 is 0. The van der Waals surface area contributed by atoms with Gasteiger partial charge in [-0.1, -0.05) is 12.1 Å². The fourth-order valence-electron chi connectivity index (χ4n) is 2.43. The van der Waals surface area contributed by atoms with Crippen LogP contribution in [0, 0.1) is 0 Å². The second kappa shape index (κ2) is 5.51. The molecule has 4 nitrogen and oxygen atoms in total. The Labute approximate surface area is 119 Å². The van der Waals surface area contributed by atoms with Gasteiger partial charge in [0.2, 0.25) is 0 Å². The lowest BCUT2D eigenvalue weighted by molar-refractivity contribution is 0.322. The number of fused-ring (bicyclic) bond motifs is 1. The van der Waals surface area contributed by atoms with Crippen molar-refractivity contribution >= 4 is 11.5 Å². The van der Waals surface area contributed by atoms with Crippen LogP contribution in [0.3, 0.4) is 0 Å². The number of hydrogen-bond donors (Lipinski definition) is 1. The van der Waals surface area contributed by atoms with Crippen LogP contribution in [0.5, 0.6) is 5.75 Å². The highest BCUT2D eigenvalue weighted by atomic mass is 16.5. The smallest absolute Gasteiger partial charge is 0.142 e. The Morgan fingerprint density at radius 1 is 1.30 bits per heavy atom. The molecule has 1 aliphatic heterocycles. The van der Waals surface area contributed by atoms with Crippen LogP contribution in [-0.2, 0) is 0 Å². The van der Waals surface area contributed by atoms with Gasteiger partial charge in [-0.05, 0) is 43.2 Å². The second-order valence-corrected chi connectivity index (χ2v) is 5.06. The summed E-state index contributed by atoms with van der Waals surface area (Å²) in [6.45, 7) is 3.62. The van der Waals surface area contributed by atoms with Gasteiger partial charge >= 0.3 is 0 Å². The Morgan fingerprint density at radius 3 is 3.00 bits per heavy atom. The predicted molar refractivity (Wildman–Crippen MR) is 80.4 cm³/mol. The van der Waals surface area contributed by atoms with Crippen molar-refractivity contribution in [2.45, 2.75) is 19.4 Å². The third-order valence-electron chi connectivity index (χ3n) is 3.51. The van der Waals surface area contributed by atoms with E-state index in [2.05, 4.69) is 22.0 Å². The molecule has 0 spiro atoms. The van der Waals surface area contributed by atoms with Crippen molar-refractivity contribution in [1.29, 1.82) is 0 Å². The normalized spacial score (nSPS) is 16.0. The first kappa shape index (κ1) is 12.9. The van der Waals surface area contributed by atoms with Gasteiger partial charge in [0.1, 0.15) is 11.6 Å². The molecule has 0 saturated heterocycles. The molecule has 1 aromatic heterocycles. The summed E-state index contributed by atoms with van der Waals surface area (Å²) in [6, 6.07) is 12.1. The molecule has 1 aromatic carbocycles. The quantitative estimate of drug-likeness (QED) is 0.910. The fourth-order valence-corrected chi connectivity index (χ4v) is 2.43. The van der Waals surface area contributed by atoms with E-state index in [0.29, 0.717) is 0 Å². The number of ether oxygens (including phenoxy) is 1. The summed E-state index contributed by atoms with van der Waals surface area (Å²) in [7, 11) is 0. The molecule has 2 heterocycles. The predicted octanol–water partition coefficient (Wildman–Crippen LogP) is 3.02. The lowest BCUT2D eigenvalue weighted by Crippen LogP contribution is -2.19. The zero-order valence-corrected chi connectivity index (χ0v) is 11.6. The standard InChI is InChI=1S/C16H19N3O/c1-12(17)13-7-8-18-16(11-13)19-9-4-10-20-15-6-3-2-5-14(15)19/h2-3,5-8,11-12H,4,9-10,17H2,1H3/t12-/m1/s1. The first-order valence-electron chi connectivity index (χ1n) is 6.96. The maximum absolute atomic E-state index is 5.97. The third-order valence-corrected chi connectivity index (χ3v) is 3.51. The highest BCUT2D eigenvalue weighted by molar-refractivity contribution is 5.67. The molecule has 2 N–H and O–H groups in total. The van der Waals surface area contributed by atoms with E-state index in [4.69, 9.17) is 10.5 Å². The average molecular weight is 269 g/mol. The fraction of sp³-hybridized carbons (Fsp3) is 0.312. The van der Waals surface area contributed by atoms with Crippen molar-refractivity contribution in [3.63, 3.8) is 0 Å². The minimum absolute atomic E-state index is 0.00946. The largest absolute Gasteiger partial charge is 0.491 e. The van der Waals surface area contributed by atoms with Crippen molar-refractivity contribution in [3.05, 3.63) is 48.2 Å². The Morgan fingerprint density at radius 2 is 2.15 bits per heavy atom. The summed E-state index contributed by atoms with van der Waals surface area (Å²) in [5, 5.41) is 0. The lowest BCUT2D eigenvalue weighted by atomic mass is 10.1. The molecule has 0 saturated carbocycles. The van der Waals surface area contributed by atoms with Crippen LogP contribution in [0.15, 0.2) is 42.6 Å². The van der Waals surface area contributed by atoms with Gasteiger partial charge in [0, 0.05) is 18.8 Å². The number of rotatable bonds is 2. The molecular formula is C16H19N3O. The van der Waals surface area contributed by atoms with Crippen LogP contribution in [0.25, 0.3) is 0 Å². The van der Waals surface area contributed by atoms with Gasteiger partial charge < -0.3 is 15.4 Å². The molecule has 0 radical (unpaired) electrons. The average Bonchev–Trinajstić information content (AvgIpc) is 2.69. The van der Waals surface area contributed by atoms with Crippen LogP contribution in [0.4, 0.5) is 11.5 Å². The summed E-state index contributed by atoms with van der Waals surface area (Å²) in [6.07, 6.45) is 2.79. The van der Waals surface area contributed by atoms with Gasteiger partial charge in [0.25, 0.3) is 0 Å². The molecule has 3 rings (SSSR count). The van der Waals surface area contributed by atoms with Gasteiger partial charge in [-0.2, -0.15) is 0 Å². The molecule has 4 heteroatoms. The molecule has 2 aromatic rings. The lowest BCUT2D eigenvalue weighted by Gasteiger charge is -2.23. The third kappa shape index (κ3) is 2.47. The van der Waals surface area contributed by atoms with Gasteiger partial charge in [-0.3, -0.25) is 0 Å². The van der Waals surface area contributed by atoms with Crippen molar-refractivity contribution in [1.82, 2.24) is 4.98 Å². The maximum atomic E-state index is 5.97. The van der Waals surface area contributed by atoms with Crippen LogP contribution in [-0.4, -0.2) is 18.1 Å². The van der Waals surface area contributed by atoms with E-state index in [0.717, 1.165) is 42.4 Å². The first-order chi connectivity index (χ1) is 9.75. The summed E-state index contributed by atoms with van der Waals surface area (Å²) in [4.78, 5) is 6.70. The monoisotopic (exact) mass is 269 g/mol. The van der Waals surface area contributed by atoms with Crippen LogP contribution in [0.2, 0.25) is 0 Å². The van der Waals surface area contributed by atoms with Crippen molar-refractivity contribution in [3.8, 4) is 5.75 Å². The molecule has 0 fully saturated rings. The molecule has 20 heavy (non-hydrogen) atoms. The number of aromatic nitrogens is 1. The zero-order chi connectivity index (χ0) is 13.9. The SMILES string of the molecule is C[C@@H](N)c1ccnc(N2CCCOc3ccccc32)c1. The van der Waals surface area contributed by atoms with E-state index < -0.39 is 0 Å². The number of pyridine rings is 1. The van der Waals surface area contributed by atoms with Gasteiger partial charge in [-0.25, -0.2) is 4.98 Å². The molecule has 0 unspecified atom stereocenters. The summed E-state index contributed by atoms with van der Waals surface area (Å²) in [5.41, 5.74) is 8.13. The molecular weight excluding hydrogens is 250 g/mol. The maximum Gasteiger partial charge on any atom is 0.142 e. The Hall–Kier alpha value is -2.07.